The average Bonchev–Trinajstić information content (AvgIpc) is 3.29. The minimum Gasteiger partial charge on any atom is -0.443 e. The van der Waals surface area contributed by atoms with Crippen LogP contribution in [0.5, 0.6) is 0 Å². The van der Waals surface area contributed by atoms with Gasteiger partial charge in [-0.25, -0.2) is 0 Å². The number of aliphatic hydroxyl groups is 1. The van der Waals surface area contributed by atoms with Crippen molar-refractivity contribution in [3.05, 3.63) is 35.4 Å². The second-order valence-electron chi connectivity index (χ2n) is 7.28. The second kappa shape index (κ2) is 6.96. The van der Waals surface area contributed by atoms with Crippen LogP contribution in [0.3, 0.4) is 0 Å². The molecular formula is C19H23N3O4. The number of amides is 1. The van der Waals surface area contributed by atoms with E-state index in [4.69, 9.17) is 8.94 Å². The molecule has 0 unspecified atom stereocenters. The van der Waals surface area contributed by atoms with Crippen LogP contribution in [0.1, 0.15) is 80.5 Å². The molecule has 2 aromatic heterocycles. The fraction of sp³-hybridized carbons (Fsp3) is 0.526. The smallest absolute Gasteiger partial charge is 0.290 e. The lowest BCUT2D eigenvalue weighted by Crippen LogP contribution is -2.30. The standard InChI is InChI=1S/C19H23N3O4/c1-12(2)16-20-17(26-21-16)14-6-5-11-22(14)18(23)15-8-7-13(25-15)9-10-19(3,4)24/h7-8,12,14,24H,5-6,11H2,1-4H3/t14-/m0/s1. The van der Waals surface area contributed by atoms with Crippen LogP contribution in [0.25, 0.3) is 0 Å². The van der Waals surface area contributed by atoms with Crippen LogP contribution in [-0.4, -0.2) is 38.2 Å². The molecular weight excluding hydrogens is 334 g/mol. The van der Waals surface area contributed by atoms with Crippen molar-refractivity contribution in [1.82, 2.24) is 15.0 Å². The van der Waals surface area contributed by atoms with Gasteiger partial charge < -0.3 is 18.9 Å². The summed E-state index contributed by atoms with van der Waals surface area (Å²) in [6.45, 7) is 7.75. The Labute approximate surface area is 152 Å². The Morgan fingerprint density at radius 1 is 1.42 bits per heavy atom. The van der Waals surface area contributed by atoms with Gasteiger partial charge in [0.15, 0.2) is 17.3 Å². The molecule has 0 radical (unpaired) electrons. The molecule has 0 bridgehead atoms. The van der Waals surface area contributed by atoms with Gasteiger partial charge in [-0.3, -0.25) is 4.79 Å². The van der Waals surface area contributed by atoms with Gasteiger partial charge in [-0.15, -0.1) is 0 Å². The number of rotatable bonds is 3. The van der Waals surface area contributed by atoms with E-state index in [1.807, 2.05) is 13.8 Å². The van der Waals surface area contributed by atoms with Crippen molar-refractivity contribution in [1.29, 1.82) is 0 Å². The van der Waals surface area contributed by atoms with E-state index in [2.05, 4.69) is 22.0 Å². The maximum atomic E-state index is 12.8. The summed E-state index contributed by atoms with van der Waals surface area (Å²) in [7, 11) is 0. The first-order chi connectivity index (χ1) is 12.2. The van der Waals surface area contributed by atoms with Gasteiger partial charge in [0.05, 0.1) is 0 Å². The molecule has 26 heavy (non-hydrogen) atoms. The van der Waals surface area contributed by atoms with Crippen LogP contribution < -0.4 is 0 Å². The third-order valence-electron chi connectivity index (χ3n) is 4.08. The molecule has 3 rings (SSSR count). The Morgan fingerprint density at radius 3 is 2.85 bits per heavy atom. The summed E-state index contributed by atoms with van der Waals surface area (Å²) in [6, 6.07) is 2.98. The fourth-order valence-electron chi connectivity index (χ4n) is 2.76. The van der Waals surface area contributed by atoms with Gasteiger partial charge >= 0.3 is 0 Å². The van der Waals surface area contributed by atoms with E-state index in [-0.39, 0.29) is 23.6 Å². The predicted octanol–water partition coefficient (Wildman–Crippen LogP) is 2.89. The van der Waals surface area contributed by atoms with E-state index in [0.717, 1.165) is 12.8 Å². The van der Waals surface area contributed by atoms with Gasteiger partial charge in [0.2, 0.25) is 5.89 Å². The van der Waals surface area contributed by atoms with Crippen LogP contribution in [0.4, 0.5) is 0 Å². The van der Waals surface area contributed by atoms with Crippen molar-refractivity contribution >= 4 is 5.91 Å². The van der Waals surface area contributed by atoms with Gasteiger partial charge in [0.25, 0.3) is 5.91 Å². The molecule has 0 spiro atoms. The largest absolute Gasteiger partial charge is 0.443 e. The van der Waals surface area contributed by atoms with Crippen molar-refractivity contribution in [3.8, 4) is 11.8 Å². The number of carbonyl (C=O) groups excluding carboxylic acids is 1. The van der Waals surface area contributed by atoms with E-state index in [1.165, 1.54) is 0 Å². The van der Waals surface area contributed by atoms with Gasteiger partial charge in [0, 0.05) is 12.5 Å². The summed E-state index contributed by atoms with van der Waals surface area (Å²) in [6.07, 6.45) is 1.64. The quantitative estimate of drug-likeness (QED) is 0.849. The predicted molar refractivity (Wildman–Crippen MR) is 93.3 cm³/mol. The highest BCUT2D eigenvalue weighted by Gasteiger charge is 2.35. The summed E-state index contributed by atoms with van der Waals surface area (Å²) >= 11 is 0. The molecule has 0 aliphatic carbocycles. The van der Waals surface area contributed by atoms with Crippen molar-refractivity contribution in [3.63, 3.8) is 0 Å². The van der Waals surface area contributed by atoms with Gasteiger partial charge in [-0.2, -0.15) is 4.98 Å². The maximum absolute atomic E-state index is 12.8. The first-order valence-electron chi connectivity index (χ1n) is 8.74. The van der Waals surface area contributed by atoms with Crippen LogP contribution in [0.15, 0.2) is 21.1 Å². The Hall–Kier alpha value is -2.59. The average molecular weight is 357 g/mol. The third-order valence-corrected chi connectivity index (χ3v) is 4.08. The van der Waals surface area contributed by atoms with E-state index in [9.17, 15) is 9.90 Å². The summed E-state index contributed by atoms with van der Waals surface area (Å²) in [5.41, 5.74) is -1.12. The molecule has 0 aromatic carbocycles. The van der Waals surface area contributed by atoms with E-state index < -0.39 is 5.60 Å². The topological polar surface area (TPSA) is 92.6 Å². The molecule has 7 heteroatoms. The molecule has 1 atom stereocenters. The first kappa shape index (κ1) is 18.2. The normalized spacial score (nSPS) is 17.5. The summed E-state index contributed by atoms with van der Waals surface area (Å²) in [5, 5.41) is 13.6. The Bertz CT molecular complexity index is 848. The molecule has 0 saturated carbocycles. The molecule has 3 heterocycles. The summed E-state index contributed by atoms with van der Waals surface area (Å²) in [4.78, 5) is 19.0. The highest BCUT2D eigenvalue weighted by molar-refractivity contribution is 5.92. The number of furan rings is 1. The lowest BCUT2D eigenvalue weighted by atomic mass is 10.1. The molecule has 1 aliphatic rings. The van der Waals surface area contributed by atoms with Gasteiger partial charge in [0.1, 0.15) is 11.6 Å². The Balaban J connectivity index is 1.78. The SMILES string of the molecule is CC(C)c1noc([C@@H]2CCCN2C(=O)c2ccc(C#CC(C)(C)O)o2)n1. The number of aromatic nitrogens is 2. The zero-order valence-electron chi connectivity index (χ0n) is 15.4. The van der Waals surface area contributed by atoms with Gasteiger partial charge in [-0.05, 0) is 44.7 Å². The maximum Gasteiger partial charge on any atom is 0.290 e. The van der Waals surface area contributed by atoms with Crippen molar-refractivity contribution in [2.24, 2.45) is 0 Å². The fourth-order valence-corrected chi connectivity index (χ4v) is 2.76. The third kappa shape index (κ3) is 3.97. The zero-order chi connectivity index (χ0) is 18.9. The Kier molecular flexibility index (Phi) is 4.88. The lowest BCUT2D eigenvalue weighted by Gasteiger charge is -2.20. The van der Waals surface area contributed by atoms with Crippen LogP contribution in [-0.2, 0) is 0 Å². The minimum atomic E-state index is -1.12. The summed E-state index contributed by atoms with van der Waals surface area (Å²) in [5.74, 6) is 6.98. The molecule has 1 saturated heterocycles. The number of hydrogen-bond donors (Lipinski definition) is 1. The van der Waals surface area contributed by atoms with Crippen LogP contribution in [0.2, 0.25) is 0 Å². The van der Waals surface area contributed by atoms with Crippen LogP contribution >= 0.6 is 0 Å². The number of likely N-dealkylation sites (tertiary alicyclic amines) is 1. The first-order valence-corrected chi connectivity index (χ1v) is 8.74. The van der Waals surface area contributed by atoms with Crippen LogP contribution in [0, 0.1) is 11.8 Å². The molecule has 1 fully saturated rings. The minimum absolute atomic E-state index is 0.167. The van der Waals surface area contributed by atoms with E-state index in [1.54, 1.807) is 30.9 Å². The molecule has 138 valence electrons. The zero-order valence-corrected chi connectivity index (χ0v) is 15.4. The monoisotopic (exact) mass is 357 g/mol. The number of nitrogens with zero attached hydrogens (tertiary/aromatic N) is 3. The van der Waals surface area contributed by atoms with Crippen molar-refractivity contribution < 1.29 is 18.8 Å². The molecule has 7 nitrogen and oxygen atoms in total. The molecule has 2 aromatic rings. The van der Waals surface area contributed by atoms with E-state index >= 15 is 0 Å². The highest BCUT2D eigenvalue weighted by atomic mass is 16.5. The van der Waals surface area contributed by atoms with E-state index in [0.29, 0.717) is 24.0 Å². The molecule has 1 amide bonds. The van der Waals surface area contributed by atoms with Crippen molar-refractivity contribution in [2.75, 3.05) is 6.54 Å². The number of carbonyl (C=O) groups is 1. The second-order valence-corrected chi connectivity index (χ2v) is 7.28. The summed E-state index contributed by atoms with van der Waals surface area (Å²) < 4.78 is 10.9. The van der Waals surface area contributed by atoms with Crippen molar-refractivity contribution in [2.45, 2.75) is 58.1 Å². The highest BCUT2D eigenvalue weighted by Crippen LogP contribution is 2.33. The Morgan fingerprint density at radius 2 is 2.19 bits per heavy atom. The lowest BCUT2D eigenvalue weighted by molar-refractivity contribution is 0.0677. The molecule has 1 aliphatic heterocycles. The molecule has 1 N–H and O–H groups in total. The number of hydrogen-bond acceptors (Lipinski definition) is 6. The van der Waals surface area contributed by atoms with Gasteiger partial charge in [-0.1, -0.05) is 24.9 Å².